The van der Waals surface area contributed by atoms with Gasteiger partial charge in [-0.05, 0) is 25.7 Å². The molecule has 0 heterocycles. The number of methoxy groups -OCH3 is 1. The molecule has 0 aliphatic heterocycles. The number of carbonyl (C=O) groups is 2. The van der Waals surface area contributed by atoms with Gasteiger partial charge in [0.1, 0.15) is 12.1 Å². The molecule has 0 saturated heterocycles. The molecule has 0 rings (SSSR count). The van der Waals surface area contributed by atoms with Gasteiger partial charge in [-0.2, -0.15) is 0 Å². The van der Waals surface area contributed by atoms with Crippen molar-refractivity contribution in [2.75, 3.05) is 7.11 Å². The second-order valence-corrected chi connectivity index (χ2v) is 4.89. The fraction of sp³-hybridized carbons (Fsp3) is 0.692. The zero-order valence-electron chi connectivity index (χ0n) is 11.5. The third-order valence-electron chi connectivity index (χ3n) is 2.35. The fourth-order valence-corrected chi connectivity index (χ4v) is 1.51. The highest BCUT2D eigenvalue weighted by Gasteiger charge is 2.25. The van der Waals surface area contributed by atoms with Crippen molar-refractivity contribution >= 4 is 11.9 Å². The summed E-state index contributed by atoms with van der Waals surface area (Å²) in [6.45, 7) is 9.26. The molecular formula is C13H23NO4. The Bertz CT molecular complexity index is 312. The second kappa shape index (κ2) is 7.87. The molecule has 0 aromatic carbocycles. The SMILES string of the molecule is C=C(C)C[C@H](NC(=O)[C@H](O)CC(C)C)C(=O)OC. The van der Waals surface area contributed by atoms with Crippen LogP contribution in [-0.2, 0) is 14.3 Å². The average Bonchev–Trinajstić information content (AvgIpc) is 2.25. The van der Waals surface area contributed by atoms with Crippen LogP contribution in [0.2, 0.25) is 0 Å². The minimum Gasteiger partial charge on any atom is -0.467 e. The van der Waals surface area contributed by atoms with Gasteiger partial charge in [0.05, 0.1) is 7.11 Å². The molecule has 0 aliphatic carbocycles. The molecule has 5 nitrogen and oxygen atoms in total. The van der Waals surface area contributed by atoms with E-state index in [1.807, 2.05) is 13.8 Å². The molecule has 0 unspecified atom stereocenters. The van der Waals surface area contributed by atoms with E-state index in [1.165, 1.54) is 7.11 Å². The lowest BCUT2D eigenvalue weighted by Gasteiger charge is -2.19. The van der Waals surface area contributed by atoms with Crippen LogP contribution in [0, 0.1) is 5.92 Å². The van der Waals surface area contributed by atoms with Gasteiger partial charge in [0.2, 0.25) is 5.91 Å². The van der Waals surface area contributed by atoms with E-state index in [0.29, 0.717) is 12.8 Å². The van der Waals surface area contributed by atoms with E-state index in [9.17, 15) is 14.7 Å². The number of hydrogen-bond acceptors (Lipinski definition) is 4. The number of esters is 1. The summed E-state index contributed by atoms with van der Waals surface area (Å²) >= 11 is 0. The molecule has 5 heteroatoms. The van der Waals surface area contributed by atoms with E-state index in [0.717, 1.165) is 5.57 Å². The zero-order chi connectivity index (χ0) is 14.3. The summed E-state index contributed by atoms with van der Waals surface area (Å²) in [5, 5.41) is 12.1. The normalized spacial score (nSPS) is 13.9. The Balaban J connectivity index is 4.52. The van der Waals surface area contributed by atoms with Gasteiger partial charge in [-0.15, -0.1) is 6.58 Å². The Morgan fingerprint density at radius 3 is 2.33 bits per heavy atom. The molecule has 0 aromatic heterocycles. The number of carbonyl (C=O) groups excluding carboxylic acids is 2. The van der Waals surface area contributed by atoms with Crippen molar-refractivity contribution in [3.63, 3.8) is 0 Å². The lowest BCUT2D eigenvalue weighted by molar-refractivity contribution is -0.146. The Morgan fingerprint density at radius 1 is 1.39 bits per heavy atom. The summed E-state index contributed by atoms with van der Waals surface area (Å²) in [5.74, 6) is -0.896. The third kappa shape index (κ3) is 6.39. The molecule has 0 radical (unpaired) electrons. The standard InChI is InChI=1S/C13H23NO4/c1-8(2)6-10(13(17)18-5)14-12(16)11(15)7-9(3)4/h9-11,15H,1,6-7H2,2-5H3,(H,14,16)/t10-,11+/m0/s1. The Kier molecular flexibility index (Phi) is 7.27. The molecule has 0 aromatic rings. The molecule has 2 atom stereocenters. The number of hydrogen-bond donors (Lipinski definition) is 2. The largest absolute Gasteiger partial charge is 0.467 e. The van der Waals surface area contributed by atoms with E-state index in [-0.39, 0.29) is 5.92 Å². The third-order valence-corrected chi connectivity index (χ3v) is 2.35. The number of ether oxygens (including phenoxy) is 1. The first-order chi connectivity index (χ1) is 8.27. The van der Waals surface area contributed by atoms with Crippen molar-refractivity contribution < 1.29 is 19.4 Å². The van der Waals surface area contributed by atoms with Crippen molar-refractivity contribution in [2.45, 2.75) is 45.8 Å². The zero-order valence-corrected chi connectivity index (χ0v) is 11.5. The number of nitrogens with one attached hydrogen (secondary N) is 1. The average molecular weight is 257 g/mol. The summed E-state index contributed by atoms with van der Waals surface area (Å²) in [7, 11) is 1.25. The second-order valence-electron chi connectivity index (χ2n) is 4.89. The smallest absolute Gasteiger partial charge is 0.328 e. The molecule has 18 heavy (non-hydrogen) atoms. The van der Waals surface area contributed by atoms with Gasteiger partial charge >= 0.3 is 5.97 Å². The van der Waals surface area contributed by atoms with Gasteiger partial charge in [0.25, 0.3) is 0 Å². The van der Waals surface area contributed by atoms with Gasteiger partial charge in [0, 0.05) is 0 Å². The van der Waals surface area contributed by atoms with Gasteiger partial charge in [-0.25, -0.2) is 4.79 Å². The van der Waals surface area contributed by atoms with Crippen LogP contribution in [0.5, 0.6) is 0 Å². The molecule has 1 amide bonds. The quantitative estimate of drug-likeness (QED) is 0.527. The number of rotatable bonds is 7. The Morgan fingerprint density at radius 2 is 1.94 bits per heavy atom. The summed E-state index contributed by atoms with van der Waals surface area (Å²) in [6.07, 6.45) is -0.457. The molecule has 0 saturated carbocycles. The molecule has 104 valence electrons. The van der Waals surface area contributed by atoms with Gasteiger partial charge in [-0.3, -0.25) is 4.79 Å². The lowest BCUT2D eigenvalue weighted by atomic mass is 10.0. The van der Waals surface area contributed by atoms with Gasteiger partial charge in [0.15, 0.2) is 0 Å². The monoisotopic (exact) mass is 257 g/mol. The molecule has 0 bridgehead atoms. The van der Waals surface area contributed by atoms with Crippen molar-refractivity contribution in [1.29, 1.82) is 0 Å². The van der Waals surface area contributed by atoms with Crippen LogP contribution in [0.1, 0.15) is 33.6 Å². The molecule has 0 fully saturated rings. The molecule has 0 spiro atoms. The maximum absolute atomic E-state index is 11.7. The van der Waals surface area contributed by atoms with Gasteiger partial charge in [-0.1, -0.05) is 19.4 Å². The fourth-order valence-electron chi connectivity index (χ4n) is 1.51. The number of aliphatic hydroxyl groups is 1. The van der Waals surface area contributed by atoms with Gasteiger partial charge < -0.3 is 15.2 Å². The topological polar surface area (TPSA) is 75.6 Å². The first-order valence-electron chi connectivity index (χ1n) is 5.98. The van der Waals surface area contributed by atoms with E-state index < -0.39 is 24.0 Å². The van der Waals surface area contributed by atoms with Crippen molar-refractivity contribution in [1.82, 2.24) is 5.32 Å². The first-order valence-corrected chi connectivity index (χ1v) is 5.98. The highest BCUT2D eigenvalue weighted by Crippen LogP contribution is 2.07. The highest BCUT2D eigenvalue weighted by molar-refractivity contribution is 5.86. The number of amides is 1. The van der Waals surface area contributed by atoms with Crippen LogP contribution in [0.15, 0.2) is 12.2 Å². The summed E-state index contributed by atoms with van der Waals surface area (Å²) in [5.41, 5.74) is 0.754. The van der Waals surface area contributed by atoms with Crippen LogP contribution >= 0.6 is 0 Å². The highest BCUT2D eigenvalue weighted by atomic mass is 16.5. The Hall–Kier alpha value is -1.36. The molecule has 0 aliphatic rings. The first kappa shape index (κ1) is 16.6. The Labute approximate surface area is 108 Å². The van der Waals surface area contributed by atoms with Crippen molar-refractivity contribution in [3.8, 4) is 0 Å². The maximum atomic E-state index is 11.7. The minimum atomic E-state index is -1.11. The van der Waals surface area contributed by atoms with E-state index in [2.05, 4.69) is 16.6 Å². The van der Waals surface area contributed by atoms with E-state index in [4.69, 9.17) is 0 Å². The predicted octanol–water partition coefficient (Wildman–Crippen LogP) is 1.02. The lowest BCUT2D eigenvalue weighted by Crippen LogP contribution is -2.46. The van der Waals surface area contributed by atoms with Crippen LogP contribution in [-0.4, -0.2) is 36.2 Å². The summed E-state index contributed by atoms with van der Waals surface area (Å²) in [6, 6.07) is -0.790. The molecular weight excluding hydrogens is 234 g/mol. The van der Waals surface area contributed by atoms with Crippen LogP contribution < -0.4 is 5.32 Å². The van der Waals surface area contributed by atoms with Crippen LogP contribution in [0.4, 0.5) is 0 Å². The predicted molar refractivity (Wildman–Crippen MR) is 68.8 cm³/mol. The van der Waals surface area contributed by atoms with E-state index in [1.54, 1.807) is 6.92 Å². The minimum absolute atomic E-state index is 0.198. The van der Waals surface area contributed by atoms with E-state index >= 15 is 0 Å². The van der Waals surface area contributed by atoms with Crippen LogP contribution in [0.25, 0.3) is 0 Å². The van der Waals surface area contributed by atoms with Crippen molar-refractivity contribution in [3.05, 3.63) is 12.2 Å². The summed E-state index contributed by atoms with van der Waals surface area (Å²) < 4.78 is 4.60. The van der Waals surface area contributed by atoms with Crippen molar-refractivity contribution in [2.24, 2.45) is 5.92 Å². The number of aliphatic hydroxyl groups excluding tert-OH is 1. The maximum Gasteiger partial charge on any atom is 0.328 e. The summed E-state index contributed by atoms with van der Waals surface area (Å²) in [4.78, 5) is 23.2. The van der Waals surface area contributed by atoms with Crippen LogP contribution in [0.3, 0.4) is 0 Å². The molecule has 2 N–H and O–H groups in total.